The zero-order valence-corrected chi connectivity index (χ0v) is 23.8. The Balaban J connectivity index is 1.06. The second-order valence-electron chi connectivity index (χ2n) is 13.7. The first-order chi connectivity index (χ1) is 16.7. The topological polar surface area (TPSA) is 32.8 Å². The fourth-order valence-electron chi connectivity index (χ4n) is 7.96. The highest BCUT2D eigenvalue weighted by molar-refractivity contribution is 5.73. The van der Waals surface area contributed by atoms with Gasteiger partial charge in [-0.3, -0.25) is 4.79 Å². The van der Waals surface area contributed by atoms with Crippen LogP contribution in [-0.2, 0) is 9.53 Å². The molecule has 4 heteroatoms. The van der Waals surface area contributed by atoms with E-state index in [0.29, 0.717) is 17.6 Å². The van der Waals surface area contributed by atoms with Crippen molar-refractivity contribution in [3.05, 3.63) is 0 Å². The third-order valence-electron chi connectivity index (χ3n) is 10.8. The number of carbonyl (C=O) groups excluding carboxylic acids is 1. The largest absolute Gasteiger partial charge is 0.375 e. The van der Waals surface area contributed by atoms with E-state index < -0.39 is 0 Å². The van der Waals surface area contributed by atoms with Crippen molar-refractivity contribution >= 4 is 5.91 Å². The van der Waals surface area contributed by atoms with Crippen molar-refractivity contribution in [1.82, 2.24) is 9.80 Å². The molecule has 2 atom stereocenters. The van der Waals surface area contributed by atoms with Crippen LogP contribution in [0.4, 0.5) is 0 Å². The Bertz CT molecular complexity index is 647. The molecule has 0 radical (unpaired) electrons. The minimum Gasteiger partial charge on any atom is -0.375 e. The summed E-state index contributed by atoms with van der Waals surface area (Å²) in [7, 11) is 0. The van der Waals surface area contributed by atoms with E-state index in [4.69, 9.17) is 4.74 Å². The number of likely N-dealkylation sites (tertiary alicyclic amines) is 2. The van der Waals surface area contributed by atoms with E-state index in [1.54, 1.807) is 6.92 Å². The molecule has 35 heavy (non-hydrogen) atoms. The smallest absolute Gasteiger partial charge is 0.219 e. The van der Waals surface area contributed by atoms with Crippen LogP contribution in [-0.4, -0.2) is 60.6 Å². The molecule has 0 aromatic heterocycles. The number of hydrogen-bond donors (Lipinski definition) is 0. The summed E-state index contributed by atoms with van der Waals surface area (Å²) in [4.78, 5) is 16.3. The molecule has 0 N–H and O–H groups in total. The van der Waals surface area contributed by atoms with Crippen molar-refractivity contribution in [1.29, 1.82) is 0 Å². The van der Waals surface area contributed by atoms with Crippen LogP contribution in [0.5, 0.6) is 0 Å². The maximum Gasteiger partial charge on any atom is 0.219 e. The van der Waals surface area contributed by atoms with Gasteiger partial charge in [-0.2, -0.15) is 0 Å². The Morgan fingerprint density at radius 3 is 2.06 bits per heavy atom. The Hall–Kier alpha value is -0.610. The Morgan fingerprint density at radius 1 is 0.857 bits per heavy atom. The Morgan fingerprint density at radius 2 is 1.49 bits per heavy atom. The van der Waals surface area contributed by atoms with Gasteiger partial charge in [0.2, 0.25) is 5.91 Å². The second-order valence-corrected chi connectivity index (χ2v) is 13.7. The van der Waals surface area contributed by atoms with Crippen LogP contribution >= 0.6 is 0 Å². The zero-order valence-electron chi connectivity index (χ0n) is 23.8. The van der Waals surface area contributed by atoms with Gasteiger partial charge < -0.3 is 14.5 Å². The van der Waals surface area contributed by atoms with Gasteiger partial charge in [0.15, 0.2) is 0 Å². The summed E-state index contributed by atoms with van der Waals surface area (Å²) in [6.45, 7) is 17.1. The standard InChI is InChI=1S/C31H56N2O2/c1-23(2)28-8-14-31(15-9-28)20-30(21-31)35-25(4)7-6-24(3)29-12-16-32(17-13-29)22-27-10-18-33(19-11-27)26(5)34/h23-25,27-30H,6-22H2,1-5H3. The molecule has 2 aliphatic carbocycles. The lowest BCUT2D eigenvalue weighted by atomic mass is 9.57. The Labute approximate surface area is 216 Å². The van der Waals surface area contributed by atoms with E-state index in [2.05, 4.69) is 32.6 Å². The fourth-order valence-corrected chi connectivity index (χ4v) is 7.96. The van der Waals surface area contributed by atoms with Crippen molar-refractivity contribution in [2.24, 2.45) is 35.0 Å². The molecule has 1 amide bonds. The van der Waals surface area contributed by atoms with Crippen LogP contribution in [0.25, 0.3) is 0 Å². The van der Waals surface area contributed by atoms with E-state index in [-0.39, 0.29) is 5.91 Å². The second kappa shape index (κ2) is 12.3. The van der Waals surface area contributed by atoms with Gasteiger partial charge in [-0.05, 0) is 132 Å². The van der Waals surface area contributed by atoms with Gasteiger partial charge in [0.25, 0.3) is 0 Å². The summed E-state index contributed by atoms with van der Waals surface area (Å²) in [6.07, 6.45) is 17.1. The Kier molecular flexibility index (Phi) is 9.63. The normalized spacial score (nSPS) is 33.1. The SMILES string of the molecule is CC(=O)N1CCC(CN2CCC(C(C)CCC(C)OC3CC4(CCC(C(C)C)CC4)C3)CC2)CC1. The first-order valence-corrected chi connectivity index (χ1v) is 15.4. The number of piperidine rings is 2. The highest BCUT2D eigenvalue weighted by Gasteiger charge is 2.47. The summed E-state index contributed by atoms with van der Waals surface area (Å²) in [6, 6.07) is 0. The van der Waals surface area contributed by atoms with E-state index in [1.807, 2.05) is 4.90 Å². The average Bonchev–Trinajstić information content (AvgIpc) is 2.82. The molecular formula is C31H56N2O2. The average molecular weight is 489 g/mol. The summed E-state index contributed by atoms with van der Waals surface area (Å²) < 4.78 is 6.52. The molecule has 202 valence electrons. The number of carbonyl (C=O) groups is 1. The summed E-state index contributed by atoms with van der Waals surface area (Å²) in [5.74, 6) is 4.58. The predicted molar refractivity (Wildman–Crippen MR) is 145 cm³/mol. The fraction of sp³-hybridized carbons (Fsp3) is 0.968. The van der Waals surface area contributed by atoms with Crippen molar-refractivity contribution in [2.45, 2.75) is 124 Å². The quantitative estimate of drug-likeness (QED) is 0.359. The van der Waals surface area contributed by atoms with Crippen LogP contribution in [0.15, 0.2) is 0 Å². The third-order valence-corrected chi connectivity index (χ3v) is 10.8. The van der Waals surface area contributed by atoms with Gasteiger partial charge >= 0.3 is 0 Å². The number of amides is 1. The van der Waals surface area contributed by atoms with Crippen molar-refractivity contribution in [3.63, 3.8) is 0 Å². The van der Waals surface area contributed by atoms with Gasteiger partial charge in [-0.1, -0.05) is 20.8 Å². The van der Waals surface area contributed by atoms with Gasteiger partial charge in [0.05, 0.1) is 12.2 Å². The lowest BCUT2D eigenvalue weighted by molar-refractivity contribution is -0.130. The lowest BCUT2D eigenvalue weighted by Gasteiger charge is -2.52. The molecule has 0 aromatic carbocycles. The van der Waals surface area contributed by atoms with Crippen LogP contribution in [0.3, 0.4) is 0 Å². The van der Waals surface area contributed by atoms with Crippen LogP contribution < -0.4 is 0 Å². The molecule has 4 rings (SSSR count). The first kappa shape index (κ1) is 27.4. The molecule has 0 aromatic rings. The lowest BCUT2D eigenvalue weighted by Crippen LogP contribution is -2.46. The van der Waals surface area contributed by atoms with Crippen LogP contribution in [0.1, 0.15) is 112 Å². The molecule has 4 fully saturated rings. The highest BCUT2D eigenvalue weighted by Crippen LogP contribution is 2.55. The molecule has 2 aliphatic heterocycles. The molecule has 4 nitrogen and oxygen atoms in total. The van der Waals surface area contributed by atoms with E-state index in [9.17, 15) is 4.79 Å². The molecule has 2 saturated carbocycles. The molecular weight excluding hydrogens is 432 g/mol. The predicted octanol–water partition coefficient (Wildman–Crippen LogP) is 6.77. The van der Waals surface area contributed by atoms with Gasteiger partial charge in [0.1, 0.15) is 0 Å². The van der Waals surface area contributed by atoms with Crippen molar-refractivity contribution < 1.29 is 9.53 Å². The molecule has 2 heterocycles. The third kappa shape index (κ3) is 7.46. The molecule has 4 aliphatic rings. The van der Waals surface area contributed by atoms with Crippen molar-refractivity contribution in [3.8, 4) is 0 Å². The van der Waals surface area contributed by atoms with Gasteiger partial charge in [-0.15, -0.1) is 0 Å². The van der Waals surface area contributed by atoms with E-state index >= 15 is 0 Å². The maximum absolute atomic E-state index is 11.6. The maximum atomic E-state index is 11.6. The number of rotatable bonds is 9. The monoisotopic (exact) mass is 488 g/mol. The minimum absolute atomic E-state index is 0.249. The molecule has 0 bridgehead atoms. The van der Waals surface area contributed by atoms with Crippen molar-refractivity contribution in [2.75, 3.05) is 32.7 Å². The van der Waals surface area contributed by atoms with Gasteiger partial charge in [0, 0.05) is 26.6 Å². The summed E-state index contributed by atoms with van der Waals surface area (Å²) in [5, 5.41) is 0. The number of hydrogen-bond acceptors (Lipinski definition) is 3. The minimum atomic E-state index is 0.249. The molecule has 2 unspecified atom stereocenters. The molecule has 1 spiro atoms. The summed E-state index contributed by atoms with van der Waals surface area (Å²) in [5.41, 5.74) is 0.654. The van der Waals surface area contributed by atoms with Crippen LogP contribution in [0.2, 0.25) is 0 Å². The number of nitrogens with zero attached hydrogens (tertiary/aromatic N) is 2. The molecule has 2 saturated heterocycles. The highest BCUT2D eigenvalue weighted by atomic mass is 16.5. The summed E-state index contributed by atoms with van der Waals surface area (Å²) >= 11 is 0. The van der Waals surface area contributed by atoms with E-state index in [0.717, 1.165) is 42.7 Å². The van der Waals surface area contributed by atoms with Crippen LogP contribution in [0, 0.1) is 35.0 Å². The zero-order chi connectivity index (χ0) is 25.0. The van der Waals surface area contributed by atoms with E-state index in [1.165, 1.54) is 96.7 Å². The first-order valence-electron chi connectivity index (χ1n) is 15.4. The van der Waals surface area contributed by atoms with Gasteiger partial charge in [-0.25, -0.2) is 0 Å². The number of ether oxygens (including phenoxy) is 1.